The number of rotatable bonds is 5. The van der Waals surface area contributed by atoms with Gasteiger partial charge in [-0.2, -0.15) is 0 Å². The smallest absolute Gasteiger partial charge is 0.414 e. The van der Waals surface area contributed by atoms with Crippen LogP contribution in [0.15, 0.2) is 51.4 Å². The summed E-state index contributed by atoms with van der Waals surface area (Å²) >= 11 is 7.22. The molecule has 0 atom stereocenters. The zero-order valence-electron chi connectivity index (χ0n) is 16.6. The first kappa shape index (κ1) is 24.3. The van der Waals surface area contributed by atoms with Gasteiger partial charge in [-0.25, -0.2) is 9.59 Å². The summed E-state index contributed by atoms with van der Waals surface area (Å²) in [6, 6.07) is 14.8. The summed E-state index contributed by atoms with van der Waals surface area (Å²) in [6.45, 7) is 6.44. The van der Waals surface area contributed by atoms with Crippen molar-refractivity contribution in [3.05, 3.63) is 62.5 Å². The highest BCUT2D eigenvalue weighted by atomic mass is 79.9. The average Bonchev–Trinajstić information content (AvgIpc) is 2.72. The van der Waals surface area contributed by atoms with Crippen molar-refractivity contribution in [2.45, 2.75) is 13.1 Å². The molecule has 9 heteroatoms. The molecule has 2 aromatic rings. The van der Waals surface area contributed by atoms with E-state index in [0.717, 1.165) is 49.5 Å². The minimum Gasteiger partial charge on any atom is -0.496 e. The van der Waals surface area contributed by atoms with Crippen LogP contribution in [-0.4, -0.2) is 65.2 Å². The van der Waals surface area contributed by atoms with E-state index in [1.54, 1.807) is 7.11 Å². The second kappa shape index (κ2) is 12.0. The number of carbonyl (C=O) groups is 2. The molecule has 1 aliphatic heterocycles. The van der Waals surface area contributed by atoms with Crippen molar-refractivity contribution in [3.8, 4) is 5.75 Å². The Kier molecular flexibility index (Phi) is 9.77. The third kappa shape index (κ3) is 7.71. The summed E-state index contributed by atoms with van der Waals surface area (Å²) in [7, 11) is 1.70. The van der Waals surface area contributed by atoms with Gasteiger partial charge < -0.3 is 14.9 Å². The SMILES string of the molecule is COc1ccc(CN2CCN(Cc3ccccc3Br)CC2)cc1Br.O=C(O)C(=O)O. The summed E-state index contributed by atoms with van der Waals surface area (Å²) in [5.74, 6) is -2.76. The number of hydrogen-bond acceptors (Lipinski definition) is 5. The number of piperazine rings is 1. The third-order valence-electron chi connectivity index (χ3n) is 4.62. The molecule has 1 heterocycles. The highest BCUT2D eigenvalue weighted by Crippen LogP contribution is 2.26. The van der Waals surface area contributed by atoms with E-state index < -0.39 is 11.9 Å². The summed E-state index contributed by atoms with van der Waals surface area (Å²) in [5, 5.41) is 14.8. The van der Waals surface area contributed by atoms with Crippen molar-refractivity contribution in [1.29, 1.82) is 0 Å². The molecule has 2 aromatic carbocycles. The first-order chi connectivity index (χ1) is 14.3. The second-order valence-corrected chi connectivity index (χ2v) is 8.43. The molecule has 1 saturated heterocycles. The molecule has 30 heavy (non-hydrogen) atoms. The van der Waals surface area contributed by atoms with Crippen molar-refractivity contribution in [2.75, 3.05) is 33.3 Å². The van der Waals surface area contributed by atoms with Gasteiger partial charge in [0.1, 0.15) is 5.75 Å². The number of methoxy groups -OCH3 is 1. The standard InChI is InChI=1S/C19H22Br2N2O.C2H2O4/c1-24-19-7-6-15(12-18(19)21)13-22-8-10-23(11-9-22)14-16-4-2-3-5-17(16)20;3-1(4)2(5)6/h2-7,12H,8-11,13-14H2,1H3;(H,3,4)(H,5,6). The lowest BCUT2D eigenvalue weighted by molar-refractivity contribution is -0.159. The van der Waals surface area contributed by atoms with E-state index in [9.17, 15) is 0 Å². The normalized spacial score (nSPS) is 14.5. The van der Waals surface area contributed by atoms with Crippen molar-refractivity contribution in [1.82, 2.24) is 9.80 Å². The van der Waals surface area contributed by atoms with Crippen LogP contribution in [0.25, 0.3) is 0 Å². The third-order valence-corrected chi connectivity index (χ3v) is 6.02. The number of halogens is 2. The van der Waals surface area contributed by atoms with Crippen molar-refractivity contribution in [2.24, 2.45) is 0 Å². The van der Waals surface area contributed by atoms with Crippen LogP contribution in [0, 0.1) is 0 Å². The van der Waals surface area contributed by atoms with Crippen molar-refractivity contribution in [3.63, 3.8) is 0 Å². The van der Waals surface area contributed by atoms with E-state index in [4.69, 9.17) is 24.5 Å². The molecule has 3 rings (SSSR count). The molecule has 0 amide bonds. The van der Waals surface area contributed by atoms with Gasteiger partial charge in [-0.05, 0) is 45.3 Å². The molecule has 1 aliphatic rings. The number of carboxylic acids is 2. The van der Waals surface area contributed by atoms with Gasteiger partial charge in [0, 0.05) is 43.7 Å². The van der Waals surface area contributed by atoms with Gasteiger partial charge in [-0.1, -0.05) is 40.2 Å². The lowest BCUT2D eigenvalue weighted by Gasteiger charge is -2.35. The Morgan fingerprint density at radius 1 is 0.900 bits per heavy atom. The van der Waals surface area contributed by atoms with Crippen LogP contribution in [0.5, 0.6) is 5.75 Å². The van der Waals surface area contributed by atoms with E-state index in [2.05, 4.69) is 78.1 Å². The molecule has 162 valence electrons. The Hall–Kier alpha value is -1.94. The lowest BCUT2D eigenvalue weighted by Crippen LogP contribution is -2.45. The summed E-state index contributed by atoms with van der Waals surface area (Å²) in [5.41, 5.74) is 2.69. The topological polar surface area (TPSA) is 90.3 Å². The molecule has 0 saturated carbocycles. The Labute approximate surface area is 192 Å². The zero-order valence-corrected chi connectivity index (χ0v) is 19.7. The van der Waals surface area contributed by atoms with Gasteiger partial charge in [0.05, 0.1) is 11.6 Å². The monoisotopic (exact) mass is 542 g/mol. The predicted octanol–water partition coefficient (Wildman–Crippen LogP) is 3.69. The summed E-state index contributed by atoms with van der Waals surface area (Å²) in [6.07, 6.45) is 0. The summed E-state index contributed by atoms with van der Waals surface area (Å²) < 4.78 is 7.53. The lowest BCUT2D eigenvalue weighted by atomic mass is 10.1. The van der Waals surface area contributed by atoms with Gasteiger partial charge in [0.25, 0.3) is 0 Å². The molecule has 7 nitrogen and oxygen atoms in total. The van der Waals surface area contributed by atoms with Crippen LogP contribution >= 0.6 is 31.9 Å². The van der Waals surface area contributed by atoms with E-state index in [0.29, 0.717) is 0 Å². The number of ether oxygens (including phenoxy) is 1. The molecule has 0 radical (unpaired) electrons. The predicted molar refractivity (Wildman–Crippen MR) is 121 cm³/mol. The zero-order chi connectivity index (χ0) is 22.1. The van der Waals surface area contributed by atoms with Crippen LogP contribution in [-0.2, 0) is 22.7 Å². The molecule has 0 aromatic heterocycles. The maximum Gasteiger partial charge on any atom is 0.414 e. The highest BCUT2D eigenvalue weighted by molar-refractivity contribution is 9.10. The van der Waals surface area contributed by atoms with Crippen molar-refractivity contribution < 1.29 is 24.5 Å². The van der Waals surface area contributed by atoms with E-state index in [-0.39, 0.29) is 0 Å². The fourth-order valence-corrected chi connectivity index (χ4v) is 4.04. The van der Waals surface area contributed by atoms with Gasteiger partial charge in [0.15, 0.2) is 0 Å². The fourth-order valence-electron chi connectivity index (χ4n) is 3.04. The van der Waals surface area contributed by atoms with Crippen LogP contribution in [0.3, 0.4) is 0 Å². The minimum atomic E-state index is -1.82. The molecule has 0 aliphatic carbocycles. The molecule has 0 bridgehead atoms. The Balaban J connectivity index is 0.000000469. The number of aliphatic carboxylic acids is 2. The van der Waals surface area contributed by atoms with Gasteiger partial charge in [0.2, 0.25) is 0 Å². The second-order valence-electron chi connectivity index (χ2n) is 6.72. The fraction of sp³-hybridized carbons (Fsp3) is 0.333. The Morgan fingerprint density at radius 2 is 1.47 bits per heavy atom. The largest absolute Gasteiger partial charge is 0.496 e. The minimum absolute atomic E-state index is 0.886. The molecular formula is C21H24Br2N2O5. The van der Waals surface area contributed by atoms with Crippen molar-refractivity contribution >= 4 is 43.8 Å². The van der Waals surface area contributed by atoms with Crippen LogP contribution in [0.2, 0.25) is 0 Å². The van der Waals surface area contributed by atoms with Gasteiger partial charge in [-0.15, -0.1) is 0 Å². The molecule has 2 N–H and O–H groups in total. The first-order valence-electron chi connectivity index (χ1n) is 9.27. The molecular weight excluding hydrogens is 520 g/mol. The number of carboxylic acid groups (broad SMARTS) is 2. The van der Waals surface area contributed by atoms with E-state index in [1.807, 2.05) is 6.07 Å². The van der Waals surface area contributed by atoms with Crippen LogP contribution in [0.1, 0.15) is 11.1 Å². The number of hydrogen-bond donors (Lipinski definition) is 2. The van der Waals surface area contributed by atoms with Crippen LogP contribution in [0.4, 0.5) is 0 Å². The summed E-state index contributed by atoms with van der Waals surface area (Å²) in [4.78, 5) is 23.2. The molecule has 0 unspecified atom stereocenters. The maximum absolute atomic E-state index is 9.10. The first-order valence-corrected chi connectivity index (χ1v) is 10.9. The van der Waals surface area contributed by atoms with Gasteiger partial charge >= 0.3 is 11.9 Å². The highest BCUT2D eigenvalue weighted by Gasteiger charge is 2.18. The number of benzene rings is 2. The average molecular weight is 544 g/mol. The Morgan fingerprint density at radius 3 is 1.97 bits per heavy atom. The van der Waals surface area contributed by atoms with E-state index in [1.165, 1.54) is 15.6 Å². The van der Waals surface area contributed by atoms with Crippen LogP contribution < -0.4 is 4.74 Å². The number of nitrogens with zero attached hydrogens (tertiary/aromatic N) is 2. The molecule has 0 spiro atoms. The maximum atomic E-state index is 9.10. The molecule has 1 fully saturated rings. The quantitative estimate of drug-likeness (QED) is 0.556. The van der Waals surface area contributed by atoms with E-state index >= 15 is 0 Å². The van der Waals surface area contributed by atoms with Gasteiger partial charge in [-0.3, -0.25) is 9.80 Å². The Bertz CT molecular complexity index is 858.